The van der Waals surface area contributed by atoms with Gasteiger partial charge in [0.25, 0.3) is 5.91 Å². The molecular formula is C15H15N3O3. The minimum Gasteiger partial charge on any atom is -0.477 e. The zero-order valence-electron chi connectivity index (χ0n) is 11.5. The molecular weight excluding hydrogens is 270 g/mol. The van der Waals surface area contributed by atoms with E-state index in [2.05, 4.69) is 10.3 Å². The number of benzene rings is 1. The molecule has 0 saturated heterocycles. The molecule has 0 unspecified atom stereocenters. The summed E-state index contributed by atoms with van der Waals surface area (Å²) in [5.41, 5.74) is 8.23. The first-order valence-electron chi connectivity index (χ1n) is 6.30. The topological polar surface area (TPSA) is 105 Å². The summed E-state index contributed by atoms with van der Waals surface area (Å²) in [6, 6.07) is 8.24. The van der Waals surface area contributed by atoms with Crippen molar-refractivity contribution in [2.45, 2.75) is 13.5 Å². The van der Waals surface area contributed by atoms with Gasteiger partial charge in [-0.05, 0) is 30.7 Å². The smallest absolute Gasteiger partial charge is 0.354 e. The average Bonchev–Trinajstić information content (AvgIpc) is 2.47. The summed E-state index contributed by atoms with van der Waals surface area (Å²) < 4.78 is 0. The summed E-state index contributed by atoms with van der Waals surface area (Å²) in [5, 5.41) is 11.5. The molecule has 1 heterocycles. The van der Waals surface area contributed by atoms with Gasteiger partial charge in [-0.1, -0.05) is 17.7 Å². The van der Waals surface area contributed by atoms with Crippen LogP contribution in [0.2, 0.25) is 0 Å². The van der Waals surface area contributed by atoms with Gasteiger partial charge in [-0.3, -0.25) is 4.79 Å². The fourth-order valence-corrected chi connectivity index (χ4v) is 1.80. The average molecular weight is 285 g/mol. The fourth-order valence-electron chi connectivity index (χ4n) is 1.80. The van der Waals surface area contributed by atoms with Crippen LogP contribution in [0.4, 0.5) is 5.69 Å². The summed E-state index contributed by atoms with van der Waals surface area (Å²) in [6.45, 7) is 2.13. The number of carbonyl (C=O) groups excluding carboxylic acids is 1. The number of nitrogens with zero attached hydrogens (tertiary/aromatic N) is 1. The maximum atomic E-state index is 12.1. The third kappa shape index (κ3) is 3.56. The minimum atomic E-state index is -1.09. The van der Waals surface area contributed by atoms with E-state index < -0.39 is 5.97 Å². The van der Waals surface area contributed by atoms with Crippen molar-refractivity contribution in [1.29, 1.82) is 0 Å². The second-order valence-corrected chi connectivity index (χ2v) is 4.63. The molecule has 6 heteroatoms. The van der Waals surface area contributed by atoms with E-state index >= 15 is 0 Å². The van der Waals surface area contributed by atoms with Gasteiger partial charge in [0.2, 0.25) is 0 Å². The number of nitrogen functional groups attached to an aromatic ring is 1. The van der Waals surface area contributed by atoms with Crippen LogP contribution in [0, 0.1) is 6.92 Å². The second-order valence-electron chi connectivity index (χ2n) is 4.63. The van der Waals surface area contributed by atoms with Gasteiger partial charge in [0.1, 0.15) is 5.69 Å². The highest BCUT2D eigenvalue weighted by molar-refractivity contribution is 5.99. The Morgan fingerprint density at radius 3 is 2.67 bits per heavy atom. The molecule has 4 N–H and O–H groups in total. The van der Waals surface area contributed by atoms with E-state index in [0.29, 0.717) is 16.8 Å². The third-order valence-corrected chi connectivity index (χ3v) is 2.95. The van der Waals surface area contributed by atoms with Crippen molar-refractivity contribution in [2.75, 3.05) is 5.73 Å². The predicted molar refractivity (Wildman–Crippen MR) is 78.0 cm³/mol. The van der Waals surface area contributed by atoms with Crippen molar-refractivity contribution in [3.8, 4) is 0 Å². The zero-order valence-corrected chi connectivity index (χ0v) is 11.5. The van der Waals surface area contributed by atoms with Crippen molar-refractivity contribution in [3.63, 3.8) is 0 Å². The maximum absolute atomic E-state index is 12.1. The predicted octanol–water partition coefficient (Wildman–Crippen LogP) is 1.60. The lowest BCUT2D eigenvalue weighted by atomic mass is 10.1. The number of carboxylic acids is 1. The number of hydrogen-bond donors (Lipinski definition) is 3. The molecule has 1 aromatic carbocycles. The van der Waals surface area contributed by atoms with Crippen molar-refractivity contribution in [2.24, 2.45) is 0 Å². The molecule has 6 nitrogen and oxygen atoms in total. The van der Waals surface area contributed by atoms with Gasteiger partial charge in [-0.2, -0.15) is 0 Å². The monoisotopic (exact) mass is 285 g/mol. The maximum Gasteiger partial charge on any atom is 0.354 e. The Balaban J connectivity index is 2.04. The first-order valence-corrected chi connectivity index (χ1v) is 6.30. The molecule has 0 spiro atoms. The van der Waals surface area contributed by atoms with Gasteiger partial charge in [-0.25, -0.2) is 9.78 Å². The summed E-state index contributed by atoms with van der Waals surface area (Å²) in [5.74, 6) is -1.36. The molecule has 0 bridgehead atoms. The molecule has 2 aromatic rings. The van der Waals surface area contributed by atoms with Crippen LogP contribution in [0.25, 0.3) is 0 Å². The van der Waals surface area contributed by atoms with Gasteiger partial charge in [0.15, 0.2) is 0 Å². The Hall–Kier alpha value is -2.89. The molecule has 0 saturated carbocycles. The van der Waals surface area contributed by atoms with Gasteiger partial charge >= 0.3 is 5.97 Å². The highest BCUT2D eigenvalue weighted by atomic mass is 16.4. The van der Waals surface area contributed by atoms with Crippen LogP contribution in [0.5, 0.6) is 0 Å². The summed E-state index contributed by atoms with van der Waals surface area (Å²) in [4.78, 5) is 26.5. The van der Waals surface area contributed by atoms with Crippen LogP contribution in [0.15, 0.2) is 36.5 Å². The van der Waals surface area contributed by atoms with E-state index in [-0.39, 0.29) is 18.1 Å². The van der Waals surface area contributed by atoms with E-state index in [4.69, 9.17) is 10.8 Å². The number of hydrogen-bond acceptors (Lipinski definition) is 4. The molecule has 0 aliphatic heterocycles. The molecule has 0 fully saturated rings. The lowest BCUT2D eigenvalue weighted by Crippen LogP contribution is -2.24. The number of anilines is 1. The quantitative estimate of drug-likeness (QED) is 0.740. The number of carbonyl (C=O) groups is 2. The van der Waals surface area contributed by atoms with Gasteiger partial charge in [0, 0.05) is 18.4 Å². The summed E-state index contributed by atoms with van der Waals surface area (Å²) in [7, 11) is 0. The standard InChI is InChI=1S/C15H15N3O3/c1-9-2-4-12(16)11(6-9)14(19)18-8-10-3-5-13(15(20)21)17-7-10/h2-7H,8,16H2,1H3,(H,18,19)(H,20,21). The van der Waals surface area contributed by atoms with Gasteiger partial charge in [0.05, 0.1) is 5.56 Å². The van der Waals surface area contributed by atoms with Crippen LogP contribution in [-0.2, 0) is 6.54 Å². The molecule has 0 aliphatic rings. The lowest BCUT2D eigenvalue weighted by Gasteiger charge is -2.08. The summed E-state index contributed by atoms with van der Waals surface area (Å²) >= 11 is 0. The van der Waals surface area contributed by atoms with Crippen molar-refractivity contribution < 1.29 is 14.7 Å². The lowest BCUT2D eigenvalue weighted by molar-refractivity contribution is 0.0690. The molecule has 108 valence electrons. The fraction of sp³-hybridized carbons (Fsp3) is 0.133. The normalized spacial score (nSPS) is 10.1. The number of aromatic nitrogens is 1. The molecule has 0 aliphatic carbocycles. The first-order chi connectivity index (χ1) is 9.97. The number of aromatic carboxylic acids is 1. The number of nitrogens with one attached hydrogen (secondary N) is 1. The van der Waals surface area contributed by atoms with E-state index in [0.717, 1.165) is 5.56 Å². The third-order valence-electron chi connectivity index (χ3n) is 2.95. The second kappa shape index (κ2) is 6.04. The SMILES string of the molecule is Cc1ccc(N)c(C(=O)NCc2ccc(C(=O)O)nc2)c1. The number of pyridine rings is 1. The van der Waals surface area contributed by atoms with Crippen molar-refractivity contribution in [3.05, 3.63) is 58.9 Å². The highest BCUT2D eigenvalue weighted by Crippen LogP contribution is 2.13. The van der Waals surface area contributed by atoms with Gasteiger partial charge in [-0.15, -0.1) is 0 Å². The Kier molecular flexibility index (Phi) is 4.18. The Bertz CT molecular complexity index is 681. The Morgan fingerprint density at radius 2 is 2.05 bits per heavy atom. The number of nitrogens with two attached hydrogens (primary N) is 1. The summed E-state index contributed by atoms with van der Waals surface area (Å²) in [6.07, 6.45) is 1.42. The molecule has 1 amide bonds. The number of aryl methyl sites for hydroxylation is 1. The van der Waals surface area contributed by atoms with Gasteiger partial charge < -0.3 is 16.2 Å². The highest BCUT2D eigenvalue weighted by Gasteiger charge is 2.10. The van der Waals surface area contributed by atoms with Crippen LogP contribution in [0.1, 0.15) is 32.0 Å². The van der Waals surface area contributed by atoms with E-state index in [1.165, 1.54) is 12.3 Å². The van der Waals surface area contributed by atoms with Crippen molar-refractivity contribution in [1.82, 2.24) is 10.3 Å². The molecule has 21 heavy (non-hydrogen) atoms. The number of amides is 1. The van der Waals surface area contributed by atoms with Crippen LogP contribution < -0.4 is 11.1 Å². The largest absolute Gasteiger partial charge is 0.477 e. The zero-order chi connectivity index (χ0) is 15.4. The molecule has 0 radical (unpaired) electrons. The van der Waals surface area contributed by atoms with E-state index in [1.54, 1.807) is 18.2 Å². The van der Waals surface area contributed by atoms with E-state index in [9.17, 15) is 9.59 Å². The number of carboxylic acid groups (broad SMARTS) is 1. The van der Waals surface area contributed by atoms with E-state index in [1.807, 2.05) is 13.0 Å². The molecule has 0 atom stereocenters. The van der Waals surface area contributed by atoms with Crippen LogP contribution in [-0.4, -0.2) is 22.0 Å². The Morgan fingerprint density at radius 1 is 1.29 bits per heavy atom. The first kappa shape index (κ1) is 14.5. The van der Waals surface area contributed by atoms with Crippen LogP contribution in [0.3, 0.4) is 0 Å². The molecule has 1 aromatic heterocycles. The van der Waals surface area contributed by atoms with Crippen molar-refractivity contribution >= 4 is 17.6 Å². The number of rotatable bonds is 4. The Labute approximate surface area is 121 Å². The minimum absolute atomic E-state index is 0.0343. The molecule has 2 rings (SSSR count). The van der Waals surface area contributed by atoms with Crippen LogP contribution >= 0.6 is 0 Å².